The summed E-state index contributed by atoms with van der Waals surface area (Å²) in [4.78, 5) is 10.4. The minimum atomic E-state index is -0.961. The lowest BCUT2D eigenvalue weighted by molar-refractivity contribution is -0.131. The van der Waals surface area contributed by atoms with E-state index in [-0.39, 0.29) is 6.61 Å². The molecule has 116 valence electrons. The van der Waals surface area contributed by atoms with Crippen LogP contribution >= 0.6 is 0 Å². The average molecular weight is 300 g/mol. The molecule has 0 aliphatic heterocycles. The minimum absolute atomic E-state index is 0.250. The van der Waals surface area contributed by atoms with Gasteiger partial charge in [-0.2, -0.15) is 5.10 Å². The highest BCUT2D eigenvalue weighted by atomic mass is 16.4. The van der Waals surface area contributed by atoms with Crippen LogP contribution < -0.4 is 0 Å². The fraction of sp³-hybridized carbons (Fsp3) is 0.176. The van der Waals surface area contributed by atoms with E-state index in [9.17, 15) is 4.79 Å². The Hall–Kier alpha value is -2.66. The zero-order valence-electron chi connectivity index (χ0n) is 12.5. The maximum absolute atomic E-state index is 10.4. The number of allylic oxidation sites excluding steroid dienone is 1. The van der Waals surface area contributed by atoms with Crippen LogP contribution in [0.25, 0.3) is 12.2 Å². The summed E-state index contributed by atoms with van der Waals surface area (Å²) in [5.41, 5.74) is 1.91. The van der Waals surface area contributed by atoms with Gasteiger partial charge in [-0.05, 0) is 18.6 Å². The van der Waals surface area contributed by atoms with Crippen molar-refractivity contribution in [3.8, 4) is 0 Å². The third kappa shape index (κ3) is 7.21. The largest absolute Gasteiger partial charge is 0.478 e. The Morgan fingerprint density at radius 1 is 1.23 bits per heavy atom. The summed E-state index contributed by atoms with van der Waals surface area (Å²) in [7, 11) is 0. The molecule has 0 saturated heterocycles. The molecule has 0 aliphatic rings. The predicted molar refractivity (Wildman–Crippen MR) is 87.1 cm³/mol. The summed E-state index contributed by atoms with van der Waals surface area (Å²) >= 11 is 0. The van der Waals surface area contributed by atoms with Crippen molar-refractivity contribution in [1.29, 1.82) is 0 Å². The molecule has 2 aromatic rings. The average Bonchev–Trinajstić information content (AvgIpc) is 2.95. The van der Waals surface area contributed by atoms with E-state index in [0.717, 1.165) is 17.2 Å². The number of hydrogen-bond donors (Lipinski definition) is 2. The van der Waals surface area contributed by atoms with Gasteiger partial charge in [0.25, 0.3) is 0 Å². The van der Waals surface area contributed by atoms with Crippen LogP contribution in [0.15, 0.2) is 54.9 Å². The Labute approximate surface area is 129 Å². The number of carboxylic acids is 1. The first-order valence-electron chi connectivity index (χ1n) is 6.91. The van der Waals surface area contributed by atoms with Crippen LogP contribution in [-0.4, -0.2) is 32.6 Å². The predicted octanol–water partition coefficient (Wildman–Crippen LogP) is 2.69. The number of hydrogen-bond acceptors (Lipinski definition) is 3. The SMILES string of the molecule is CCO.O=C(O)/C=C/c1cnn(CC=Cc2ccccc2)c1. The number of aliphatic hydroxyl groups excluding tert-OH is 1. The van der Waals surface area contributed by atoms with Gasteiger partial charge in [-0.25, -0.2) is 4.79 Å². The quantitative estimate of drug-likeness (QED) is 0.832. The number of aliphatic hydroxyl groups is 1. The second-order valence-electron chi connectivity index (χ2n) is 4.30. The topological polar surface area (TPSA) is 75.3 Å². The Morgan fingerprint density at radius 3 is 2.55 bits per heavy atom. The summed E-state index contributed by atoms with van der Waals surface area (Å²) in [5.74, 6) is -0.961. The summed E-state index contributed by atoms with van der Waals surface area (Å²) < 4.78 is 1.75. The highest BCUT2D eigenvalue weighted by molar-refractivity contribution is 5.85. The van der Waals surface area contributed by atoms with Gasteiger partial charge in [0, 0.05) is 24.4 Å². The van der Waals surface area contributed by atoms with Crippen LogP contribution in [0.1, 0.15) is 18.1 Å². The van der Waals surface area contributed by atoms with Crippen LogP contribution in [0.4, 0.5) is 0 Å². The fourth-order valence-corrected chi connectivity index (χ4v) is 1.59. The first-order valence-corrected chi connectivity index (χ1v) is 6.91. The zero-order valence-corrected chi connectivity index (χ0v) is 12.5. The van der Waals surface area contributed by atoms with Gasteiger partial charge in [0.05, 0.1) is 12.7 Å². The number of nitrogens with zero attached hydrogens (tertiary/aromatic N) is 2. The Bertz CT molecular complexity index is 616. The molecule has 5 nitrogen and oxygen atoms in total. The summed E-state index contributed by atoms with van der Waals surface area (Å²) in [6, 6.07) is 10.0. The Kier molecular flexibility index (Phi) is 8.00. The minimum Gasteiger partial charge on any atom is -0.478 e. The van der Waals surface area contributed by atoms with Crippen molar-refractivity contribution in [2.75, 3.05) is 6.61 Å². The number of benzene rings is 1. The van der Waals surface area contributed by atoms with Crippen LogP contribution in [0.2, 0.25) is 0 Å². The molecule has 1 heterocycles. The molecule has 2 rings (SSSR count). The molecule has 1 aromatic heterocycles. The summed E-state index contributed by atoms with van der Waals surface area (Å²) in [6.45, 7) is 2.58. The highest BCUT2D eigenvalue weighted by Gasteiger charge is 1.94. The van der Waals surface area contributed by atoms with Gasteiger partial charge in [0.2, 0.25) is 0 Å². The molecule has 0 aliphatic carbocycles. The van der Waals surface area contributed by atoms with Crippen LogP contribution in [-0.2, 0) is 11.3 Å². The molecule has 0 atom stereocenters. The molecular weight excluding hydrogens is 280 g/mol. The molecule has 2 N–H and O–H groups in total. The third-order valence-corrected chi connectivity index (χ3v) is 2.47. The summed E-state index contributed by atoms with van der Waals surface area (Å²) in [6.07, 6.45) is 10.1. The lowest BCUT2D eigenvalue weighted by atomic mass is 10.2. The van der Waals surface area contributed by atoms with E-state index < -0.39 is 5.97 Å². The van der Waals surface area contributed by atoms with E-state index in [0.29, 0.717) is 6.54 Å². The monoisotopic (exact) mass is 300 g/mol. The van der Waals surface area contributed by atoms with E-state index in [4.69, 9.17) is 10.2 Å². The number of carboxylic acid groups (broad SMARTS) is 1. The molecule has 5 heteroatoms. The first kappa shape index (κ1) is 17.4. The first-order chi connectivity index (χ1) is 10.7. The Balaban J connectivity index is 0.000000745. The summed E-state index contributed by atoms with van der Waals surface area (Å²) in [5, 5.41) is 20.2. The van der Waals surface area contributed by atoms with Gasteiger partial charge < -0.3 is 10.2 Å². The van der Waals surface area contributed by atoms with Crippen LogP contribution in [0, 0.1) is 0 Å². The smallest absolute Gasteiger partial charge is 0.328 e. The van der Waals surface area contributed by atoms with Crippen molar-refractivity contribution < 1.29 is 15.0 Å². The molecule has 0 radical (unpaired) electrons. The standard InChI is InChI=1S/C15H14N2O2.C2H6O/c18-15(19)9-8-14-11-16-17(12-14)10-4-7-13-5-2-1-3-6-13;1-2-3/h1-9,11-12H,10H2,(H,18,19);3H,2H2,1H3/b7-4?,9-8+;. The van der Waals surface area contributed by atoms with Crippen molar-refractivity contribution >= 4 is 18.1 Å². The molecule has 0 spiro atoms. The second-order valence-corrected chi connectivity index (χ2v) is 4.30. The fourth-order valence-electron chi connectivity index (χ4n) is 1.59. The number of aromatic nitrogens is 2. The number of aliphatic carboxylic acids is 1. The lowest BCUT2D eigenvalue weighted by Crippen LogP contribution is -1.94. The molecule has 0 unspecified atom stereocenters. The van der Waals surface area contributed by atoms with Gasteiger partial charge in [-0.3, -0.25) is 4.68 Å². The van der Waals surface area contributed by atoms with Crippen molar-refractivity contribution in [2.45, 2.75) is 13.5 Å². The van der Waals surface area contributed by atoms with E-state index in [1.807, 2.05) is 42.5 Å². The van der Waals surface area contributed by atoms with Crippen molar-refractivity contribution in [1.82, 2.24) is 9.78 Å². The maximum atomic E-state index is 10.4. The maximum Gasteiger partial charge on any atom is 0.328 e. The van der Waals surface area contributed by atoms with E-state index in [1.165, 1.54) is 6.08 Å². The normalized spacial score (nSPS) is 10.6. The lowest BCUT2D eigenvalue weighted by Gasteiger charge is -1.94. The molecule has 0 saturated carbocycles. The van der Waals surface area contributed by atoms with E-state index in [1.54, 1.807) is 24.0 Å². The van der Waals surface area contributed by atoms with Gasteiger partial charge in [-0.1, -0.05) is 42.5 Å². The van der Waals surface area contributed by atoms with E-state index in [2.05, 4.69) is 5.10 Å². The molecule has 1 aromatic carbocycles. The van der Waals surface area contributed by atoms with Crippen molar-refractivity contribution in [3.63, 3.8) is 0 Å². The van der Waals surface area contributed by atoms with Crippen molar-refractivity contribution in [3.05, 3.63) is 66.0 Å². The molecule has 22 heavy (non-hydrogen) atoms. The Morgan fingerprint density at radius 2 is 1.91 bits per heavy atom. The van der Waals surface area contributed by atoms with Gasteiger partial charge in [-0.15, -0.1) is 0 Å². The molecule has 0 fully saturated rings. The molecule has 0 bridgehead atoms. The second kappa shape index (κ2) is 10.1. The third-order valence-electron chi connectivity index (χ3n) is 2.47. The van der Waals surface area contributed by atoms with Crippen LogP contribution in [0.5, 0.6) is 0 Å². The van der Waals surface area contributed by atoms with Crippen molar-refractivity contribution in [2.24, 2.45) is 0 Å². The molecule has 0 amide bonds. The zero-order chi connectivity index (χ0) is 16.2. The number of rotatable bonds is 5. The van der Waals surface area contributed by atoms with Gasteiger partial charge >= 0.3 is 5.97 Å². The molecular formula is C17H20N2O3. The number of carbonyl (C=O) groups is 1. The highest BCUT2D eigenvalue weighted by Crippen LogP contribution is 2.03. The van der Waals surface area contributed by atoms with Gasteiger partial charge in [0.1, 0.15) is 0 Å². The van der Waals surface area contributed by atoms with Gasteiger partial charge in [0.15, 0.2) is 0 Å². The van der Waals surface area contributed by atoms with E-state index >= 15 is 0 Å². The van der Waals surface area contributed by atoms with Crippen LogP contribution in [0.3, 0.4) is 0 Å².